The lowest BCUT2D eigenvalue weighted by molar-refractivity contribution is -0.170. The van der Waals surface area contributed by atoms with Gasteiger partial charge >= 0.3 is 5.97 Å². The Hall–Kier alpha value is -3.11. The number of aromatic nitrogens is 3. The van der Waals surface area contributed by atoms with Gasteiger partial charge in [-0.1, -0.05) is 6.92 Å². The minimum Gasteiger partial charge on any atom is -0.438 e. The molecule has 12 nitrogen and oxygen atoms in total. The van der Waals surface area contributed by atoms with E-state index >= 15 is 0 Å². The molecule has 0 aromatic carbocycles. The highest BCUT2D eigenvalue weighted by Gasteiger charge is 2.57. The Kier molecular flexibility index (Phi) is 7.52. The van der Waals surface area contributed by atoms with Crippen LogP contribution in [0.15, 0.2) is 18.5 Å². The second-order valence-electron chi connectivity index (χ2n) is 9.03. The van der Waals surface area contributed by atoms with Crippen LogP contribution in [0, 0.1) is 16.7 Å². The smallest absolute Gasteiger partial charge is 0.313 e. The van der Waals surface area contributed by atoms with Crippen LogP contribution in [0.1, 0.15) is 46.2 Å². The lowest BCUT2D eigenvalue weighted by Crippen LogP contribution is -2.41. The van der Waals surface area contributed by atoms with E-state index < -0.39 is 35.3 Å². The highest BCUT2D eigenvalue weighted by atomic mass is 16.7. The van der Waals surface area contributed by atoms with Crippen LogP contribution in [-0.4, -0.2) is 68.4 Å². The van der Waals surface area contributed by atoms with Crippen LogP contribution in [0.25, 0.3) is 5.52 Å². The van der Waals surface area contributed by atoms with E-state index in [0.717, 1.165) is 0 Å². The van der Waals surface area contributed by atoms with Crippen LogP contribution in [-0.2, 0) is 29.4 Å². The minimum absolute atomic E-state index is 0.145. The van der Waals surface area contributed by atoms with Gasteiger partial charge < -0.3 is 29.7 Å². The molecule has 3 heterocycles. The molecule has 0 bridgehead atoms. The van der Waals surface area contributed by atoms with Crippen LogP contribution < -0.4 is 5.32 Å². The molecule has 0 radical (unpaired) electrons. The van der Waals surface area contributed by atoms with Crippen molar-refractivity contribution < 1.29 is 34.0 Å². The Morgan fingerprint density at radius 3 is 2.74 bits per heavy atom. The Morgan fingerprint density at radius 1 is 1.35 bits per heavy atom. The fourth-order valence-electron chi connectivity index (χ4n) is 3.53. The first-order chi connectivity index (χ1) is 16.0. The van der Waals surface area contributed by atoms with E-state index in [2.05, 4.69) is 15.4 Å². The van der Waals surface area contributed by atoms with Gasteiger partial charge in [0.05, 0.1) is 17.7 Å². The molecule has 4 atom stereocenters. The Labute approximate surface area is 196 Å². The fourth-order valence-corrected chi connectivity index (χ4v) is 3.53. The van der Waals surface area contributed by atoms with Crippen molar-refractivity contribution in [2.75, 3.05) is 18.7 Å². The zero-order chi connectivity index (χ0) is 25.1. The standard InChI is InChI=1S/C22H29N5O7/c1-5-6-16(28)26-19-13-7-8-15(27(13)25-11-24-19)22(10-23)18(30)17(29)14(34-22)9-32-12-33-20(31)21(2,3)4/h7-8,11,14,17-18,29-30H,5-6,9,12H2,1-4H3,(H,24,25,26,28)/t14-,17-,18-,22+/m1/s1. The monoisotopic (exact) mass is 475 g/mol. The van der Waals surface area contributed by atoms with Gasteiger partial charge in [-0.25, -0.2) is 9.50 Å². The fraction of sp³-hybridized carbons (Fsp3) is 0.591. The molecular formula is C22H29N5O7. The van der Waals surface area contributed by atoms with E-state index in [9.17, 15) is 25.1 Å². The number of hydrogen-bond acceptors (Lipinski definition) is 10. The largest absolute Gasteiger partial charge is 0.438 e. The number of esters is 1. The average molecular weight is 476 g/mol. The molecule has 184 valence electrons. The van der Waals surface area contributed by atoms with Crippen LogP contribution in [0.4, 0.5) is 5.82 Å². The lowest BCUT2D eigenvalue weighted by atomic mass is 9.92. The Balaban J connectivity index is 1.79. The second-order valence-corrected chi connectivity index (χ2v) is 9.03. The molecule has 3 N–H and O–H groups in total. The molecule has 0 unspecified atom stereocenters. The summed E-state index contributed by atoms with van der Waals surface area (Å²) >= 11 is 0. The first kappa shape index (κ1) is 25.5. The molecule has 2 aromatic rings. The van der Waals surface area contributed by atoms with Crippen molar-refractivity contribution in [3.05, 3.63) is 24.2 Å². The predicted octanol–water partition coefficient (Wildman–Crippen LogP) is 0.871. The SMILES string of the molecule is CCCC(=O)Nc1ncnn2c([C@]3(C#N)O[C@H](COCOC(=O)C(C)(C)C)[C@@H](O)[C@H]3O)ccc12. The van der Waals surface area contributed by atoms with Crippen molar-refractivity contribution in [2.45, 2.75) is 64.4 Å². The first-order valence-corrected chi connectivity index (χ1v) is 10.9. The number of carbonyl (C=O) groups is 2. The lowest BCUT2D eigenvalue weighted by Gasteiger charge is -2.24. The summed E-state index contributed by atoms with van der Waals surface area (Å²) in [6.07, 6.45) is -2.01. The maximum atomic E-state index is 12.0. The molecule has 34 heavy (non-hydrogen) atoms. The normalized spacial score (nSPS) is 24.7. The molecule has 0 spiro atoms. The highest BCUT2D eigenvalue weighted by Crippen LogP contribution is 2.40. The third kappa shape index (κ3) is 4.88. The number of aliphatic hydroxyl groups is 2. The second kappa shape index (κ2) is 10.0. The maximum absolute atomic E-state index is 12.0. The maximum Gasteiger partial charge on any atom is 0.313 e. The molecule has 1 saturated heterocycles. The Bertz CT molecular complexity index is 1090. The van der Waals surface area contributed by atoms with Crippen LogP contribution in [0.2, 0.25) is 0 Å². The number of nitriles is 1. The van der Waals surface area contributed by atoms with Crippen molar-refractivity contribution in [3.63, 3.8) is 0 Å². The van der Waals surface area contributed by atoms with E-state index in [4.69, 9.17) is 14.2 Å². The Morgan fingerprint density at radius 2 is 2.09 bits per heavy atom. The molecule has 1 aliphatic heterocycles. The third-order valence-electron chi connectivity index (χ3n) is 5.36. The van der Waals surface area contributed by atoms with Gasteiger partial charge in [0.1, 0.15) is 36.2 Å². The zero-order valence-corrected chi connectivity index (χ0v) is 19.5. The van der Waals surface area contributed by atoms with Gasteiger partial charge in [0.25, 0.3) is 0 Å². The predicted molar refractivity (Wildman–Crippen MR) is 117 cm³/mol. The van der Waals surface area contributed by atoms with Gasteiger partial charge in [0.2, 0.25) is 11.5 Å². The number of amides is 1. The number of nitrogens with one attached hydrogen (secondary N) is 1. The number of ether oxygens (including phenoxy) is 3. The molecule has 2 aromatic heterocycles. The van der Waals surface area contributed by atoms with Gasteiger partial charge in [-0.2, -0.15) is 10.4 Å². The van der Waals surface area contributed by atoms with Gasteiger partial charge in [0, 0.05) is 6.42 Å². The van der Waals surface area contributed by atoms with Gasteiger partial charge in [-0.05, 0) is 39.3 Å². The molecule has 3 rings (SSSR count). The summed E-state index contributed by atoms with van der Waals surface area (Å²) in [5, 5.41) is 38.2. The van der Waals surface area contributed by atoms with Crippen LogP contribution in [0.3, 0.4) is 0 Å². The summed E-state index contributed by atoms with van der Waals surface area (Å²) in [5.74, 6) is -0.452. The molecule has 1 amide bonds. The van der Waals surface area contributed by atoms with Gasteiger partial charge in [-0.3, -0.25) is 9.59 Å². The van der Waals surface area contributed by atoms with Gasteiger partial charge in [-0.15, -0.1) is 0 Å². The van der Waals surface area contributed by atoms with Gasteiger partial charge in [0.15, 0.2) is 12.6 Å². The van der Waals surface area contributed by atoms with Crippen LogP contribution >= 0.6 is 0 Å². The summed E-state index contributed by atoms with van der Waals surface area (Å²) in [6, 6.07) is 5.03. The molecule has 1 fully saturated rings. The summed E-state index contributed by atoms with van der Waals surface area (Å²) in [4.78, 5) is 27.9. The van der Waals surface area contributed by atoms with Crippen molar-refractivity contribution in [1.82, 2.24) is 14.6 Å². The number of hydrogen-bond donors (Lipinski definition) is 3. The van der Waals surface area contributed by atoms with Crippen molar-refractivity contribution in [1.29, 1.82) is 5.26 Å². The number of rotatable bonds is 8. The average Bonchev–Trinajstić information content (AvgIpc) is 3.32. The number of anilines is 1. The van der Waals surface area contributed by atoms with Crippen LogP contribution in [0.5, 0.6) is 0 Å². The molecule has 0 aliphatic carbocycles. The summed E-state index contributed by atoms with van der Waals surface area (Å²) in [7, 11) is 0. The number of nitrogens with zero attached hydrogens (tertiary/aromatic N) is 4. The van der Waals surface area contributed by atoms with Crippen molar-refractivity contribution in [3.8, 4) is 6.07 Å². The quantitative estimate of drug-likeness (QED) is 0.283. The highest BCUT2D eigenvalue weighted by molar-refractivity contribution is 5.93. The summed E-state index contributed by atoms with van der Waals surface area (Å²) in [6.45, 7) is 6.35. The molecular weight excluding hydrogens is 446 g/mol. The molecule has 1 aliphatic rings. The van der Waals surface area contributed by atoms with Crippen molar-refractivity contribution >= 4 is 23.2 Å². The van der Waals surface area contributed by atoms with E-state index in [1.165, 1.54) is 16.9 Å². The van der Waals surface area contributed by atoms with E-state index in [1.54, 1.807) is 26.8 Å². The summed E-state index contributed by atoms with van der Waals surface area (Å²) < 4.78 is 17.5. The number of aliphatic hydroxyl groups excluding tert-OH is 2. The molecule has 12 heteroatoms. The minimum atomic E-state index is -1.97. The number of fused-ring (bicyclic) bond motifs is 1. The zero-order valence-electron chi connectivity index (χ0n) is 19.5. The molecule has 0 saturated carbocycles. The van der Waals surface area contributed by atoms with E-state index in [1.807, 2.05) is 13.0 Å². The van der Waals surface area contributed by atoms with E-state index in [-0.39, 0.29) is 30.8 Å². The van der Waals surface area contributed by atoms with Crippen molar-refractivity contribution in [2.24, 2.45) is 5.41 Å². The number of carbonyl (C=O) groups excluding carboxylic acids is 2. The topological polar surface area (TPSA) is 168 Å². The summed E-state index contributed by atoms with van der Waals surface area (Å²) in [5.41, 5.74) is -2.14. The third-order valence-corrected chi connectivity index (χ3v) is 5.36. The van der Waals surface area contributed by atoms with E-state index in [0.29, 0.717) is 18.4 Å². The first-order valence-electron chi connectivity index (χ1n) is 10.9.